The molecule has 0 aromatic carbocycles. The van der Waals surface area contributed by atoms with Gasteiger partial charge in [-0.05, 0) is 6.92 Å². The van der Waals surface area contributed by atoms with E-state index in [2.05, 4.69) is 10.1 Å². The number of aliphatic hydroxyl groups excluding tert-OH is 1. The van der Waals surface area contributed by atoms with E-state index >= 15 is 0 Å². The molecular weight excluding hydrogens is 162 g/mol. The van der Waals surface area contributed by atoms with E-state index in [4.69, 9.17) is 5.11 Å². The van der Waals surface area contributed by atoms with E-state index in [1.165, 1.54) is 0 Å². The minimum absolute atomic E-state index is 0.109. The highest BCUT2D eigenvalue weighted by molar-refractivity contribution is 5.90. The molecule has 1 aliphatic heterocycles. The van der Waals surface area contributed by atoms with Crippen LogP contribution in [0.15, 0.2) is 0 Å². The molecule has 1 fully saturated rings. The monoisotopic (exact) mass is 173 g/mol. The molecule has 5 nitrogen and oxygen atoms in total. The van der Waals surface area contributed by atoms with E-state index in [-0.39, 0.29) is 13.0 Å². The summed E-state index contributed by atoms with van der Waals surface area (Å²) in [7, 11) is 0. The number of hydrogen-bond acceptors (Lipinski definition) is 4. The molecule has 12 heavy (non-hydrogen) atoms. The van der Waals surface area contributed by atoms with Gasteiger partial charge in [0.2, 0.25) is 5.91 Å². The lowest BCUT2D eigenvalue weighted by molar-refractivity contribution is -0.145. The van der Waals surface area contributed by atoms with Crippen LogP contribution in [0.25, 0.3) is 0 Å². The summed E-state index contributed by atoms with van der Waals surface area (Å²) in [5.41, 5.74) is 0. The molecule has 2 N–H and O–H groups in total. The zero-order valence-electron chi connectivity index (χ0n) is 6.74. The molecule has 0 saturated carbocycles. The summed E-state index contributed by atoms with van der Waals surface area (Å²) in [6.45, 7) is 1.96. The maximum Gasteiger partial charge on any atom is 0.328 e. The Hall–Kier alpha value is -1.10. The molecule has 0 aromatic heterocycles. The summed E-state index contributed by atoms with van der Waals surface area (Å²) in [6, 6.07) is -0.674. The lowest BCUT2D eigenvalue weighted by atomic mass is 10.2. The van der Waals surface area contributed by atoms with E-state index in [0.717, 1.165) is 0 Å². The predicted octanol–water partition coefficient (Wildman–Crippen LogP) is -1.20. The Labute approximate surface area is 69.7 Å². The first kappa shape index (κ1) is 8.99. The smallest absolute Gasteiger partial charge is 0.328 e. The highest BCUT2D eigenvalue weighted by atomic mass is 16.5. The third-order valence-corrected chi connectivity index (χ3v) is 1.65. The topological polar surface area (TPSA) is 75.6 Å². The van der Waals surface area contributed by atoms with E-state index in [9.17, 15) is 9.59 Å². The van der Waals surface area contributed by atoms with Crippen LogP contribution in [-0.2, 0) is 14.3 Å². The lowest BCUT2D eigenvalue weighted by Gasteiger charge is -2.07. The minimum Gasteiger partial charge on any atom is -0.464 e. The maximum absolute atomic E-state index is 11.0. The van der Waals surface area contributed by atoms with Crippen LogP contribution in [-0.4, -0.2) is 35.7 Å². The van der Waals surface area contributed by atoms with Gasteiger partial charge in [0, 0.05) is 6.42 Å². The fourth-order valence-electron chi connectivity index (χ4n) is 1.06. The standard InChI is InChI=1S/C7H11NO4/c1-2-12-7(11)4-3-5(9)6(10)8-4/h4-5,9H,2-3H2,1H3,(H,8,10)/t4-,5-/m0/s1. The van der Waals surface area contributed by atoms with Crippen LogP contribution in [0.3, 0.4) is 0 Å². The molecular formula is C7H11NO4. The number of nitrogens with one attached hydrogen (secondary N) is 1. The van der Waals surface area contributed by atoms with Gasteiger partial charge in [-0.15, -0.1) is 0 Å². The van der Waals surface area contributed by atoms with Crippen LogP contribution in [0, 0.1) is 0 Å². The van der Waals surface area contributed by atoms with E-state index in [1.807, 2.05) is 0 Å². The van der Waals surface area contributed by atoms with Gasteiger partial charge in [0.1, 0.15) is 12.1 Å². The number of rotatable bonds is 2. The van der Waals surface area contributed by atoms with Gasteiger partial charge in [0.15, 0.2) is 0 Å². The zero-order valence-corrected chi connectivity index (χ0v) is 6.74. The number of amides is 1. The van der Waals surface area contributed by atoms with E-state index < -0.39 is 24.0 Å². The van der Waals surface area contributed by atoms with Crippen molar-refractivity contribution in [3.63, 3.8) is 0 Å². The van der Waals surface area contributed by atoms with Gasteiger partial charge in [-0.2, -0.15) is 0 Å². The Balaban J connectivity index is 2.46. The van der Waals surface area contributed by atoms with Gasteiger partial charge in [-0.25, -0.2) is 4.79 Å². The number of hydrogen-bond donors (Lipinski definition) is 2. The molecule has 0 aromatic rings. The first-order chi connectivity index (χ1) is 5.65. The van der Waals surface area contributed by atoms with Crippen LogP contribution in [0.5, 0.6) is 0 Å². The molecule has 1 amide bonds. The fourth-order valence-corrected chi connectivity index (χ4v) is 1.06. The average Bonchev–Trinajstić information content (AvgIpc) is 2.33. The summed E-state index contributed by atoms with van der Waals surface area (Å²) >= 11 is 0. The second-order valence-corrected chi connectivity index (χ2v) is 2.56. The summed E-state index contributed by atoms with van der Waals surface area (Å²) in [5.74, 6) is -0.990. The Bertz CT molecular complexity index is 204. The summed E-state index contributed by atoms with van der Waals surface area (Å²) in [6.07, 6.45) is -0.961. The Morgan fingerprint density at radius 1 is 1.83 bits per heavy atom. The average molecular weight is 173 g/mol. The zero-order chi connectivity index (χ0) is 9.14. The van der Waals surface area contributed by atoms with Crippen LogP contribution in [0.1, 0.15) is 13.3 Å². The molecule has 1 aliphatic rings. The van der Waals surface area contributed by atoms with Crippen molar-refractivity contribution in [2.75, 3.05) is 6.61 Å². The molecule has 5 heteroatoms. The first-order valence-corrected chi connectivity index (χ1v) is 3.80. The molecule has 0 spiro atoms. The molecule has 1 saturated heterocycles. The van der Waals surface area contributed by atoms with Crippen molar-refractivity contribution in [1.82, 2.24) is 5.32 Å². The third kappa shape index (κ3) is 1.73. The third-order valence-electron chi connectivity index (χ3n) is 1.65. The van der Waals surface area contributed by atoms with Crippen molar-refractivity contribution in [3.05, 3.63) is 0 Å². The van der Waals surface area contributed by atoms with Crippen molar-refractivity contribution in [2.24, 2.45) is 0 Å². The summed E-state index contributed by atoms with van der Waals surface area (Å²) in [5, 5.41) is 11.3. The van der Waals surface area contributed by atoms with Crippen LogP contribution < -0.4 is 5.32 Å². The Kier molecular flexibility index (Phi) is 2.65. The molecule has 2 atom stereocenters. The molecule has 0 radical (unpaired) electrons. The molecule has 68 valence electrons. The lowest BCUT2D eigenvalue weighted by Crippen LogP contribution is -2.34. The molecule has 1 rings (SSSR count). The number of aliphatic hydroxyl groups is 1. The molecule has 1 heterocycles. The largest absolute Gasteiger partial charge is 0.464 e. The van der Waals surface area contributed by atoms with Crippen molar-refractivity contribution in [3.8, 4) is 0 Å². The quantitative estimate of drug-likeness (QED) is 0.514. The van der Waals surface area contributed by atoms with E-state index in [1.54, 1.807) is 6.92 Å². The van der Waals surface area contributed by atoms with Gasteiger partial charge in [0.05, 0.1) is 6.61 Å². The van der Waals surface area contributed by atoms with Crippen LogP contribution in [0.4, 0.5) is 0 Å². The molecule has 0 aliphatic carbocycles. The van der Waals surface area contributed by atoms with Crippen LogP contribution in [0.2, 0.25) is 0 Å². The van der Waals surface area contributed by atoms with Gasteiger partial charge in [-0.3, -0.25) is 4.79 Å². The van der Waals surface area contributed by atoms with Crippen molar-refractivity contribution in [2.45, 2.75) is 25.5 Å². The molecule has 0 bridgehead atoms. The van der Waals surface area contributed by atoms with Gasteiger partial charge >= 0.3 is 5.97 Å². The number of esters is 1. The summed E-state index contributed by atoms with van der Waals surface area (Å²) < 4.78 is 4.66. The number of carbonyl (C=O) groups is 2. The first-order valence-electron chi connectivity index (χ1n) is 3.80. The second kappa shape index (κ2) is 3.53. The van der Waals surface area contributed by atoms with Gasteiger partial charge in [0.25, 0.3) is 0 Å². The normalized spacial score (nSPS) is 28.3. The Morgan fingerprint density at radius 2 is 2.50 bits per heavy atom. The highest BCUT2D eigenvalue weighted by Crippen LogP contribution is 2.08. The van der Waals surface area contributed by atoms with Crippen molar-refractivity contribution >= 4 is 11.9 Å². The minimum atomic E-state index is -1.07. The molecule has 0 unspecified atom stereocenters. The number of ether oxygens (including phenoxy) is 1. The number of carbonyl (C=O) groups excluding carboxylic acids is 2. The van der Waals surface area contributed by atoms with Gasteiger partial charge < -0.3 is 15.2 Å². The maximum atomic E-state index is 11.0. The Morgan fingerprint density at radius 3 is 2.92 bits per heavy atom. The van der Waals surface area contributed by atoms with Crippen molar-refractivity contribution < 1.29 is 19.4 Å². The van der Waals surface area contributed by atoms with E-state index in [0.29, 0.717) is 0 Å². The fraction of sp³-hybridized carbons (Fsp3) is 0.714. The SMILES string of the molecule is CCOC(=O)[C@@H]1C[C@H](O)C(=O)N1. The second-order valence-electron chi connectivity index (χ2n) is 2.56. The predicted molar refractivity (Wildman–Crippen MR) is 39.2 cm³/mol. The van der Waals surface area contributed by atoms with Crippen molar-refractivity contribution in [1.29, 1.82) is 0 Å². The van der Waals surface area contributed by atoms with Crippen LogP contribution >= 0.6 is 0 Å². The summed E-state index contributed by atoms with van der Waals surface area (Å²) in [4.78, 5) is 21.7. The van der Waals surface area contributed by atoms with Gasteiger partial charge in [-0.1, -0.05) is 0 Å². The highest BCUT2D eigenvalue weighted by Gasteiger charge is 2.35.